The summed E-state index contributed by atoms with van der Waals surface area (Å²) < 4.78 is 42.8. The lowest BCUT2D eigenvalue weighted by Gasteiger charge is -2.13. The Kier molecular flexibility index (Phi) is 4.45. The van der Waals surface area contributed by atoms with Crippen LogP contribution in [0.3, 0.4) is 0 Å². The summed E-state index contributed by atoms with van der Waals surface area (Å²) in [5.41, 5.74) is -1.40. The van der Waals surface area contributed by atoms with E-state index in [1.807, 2.05) is 0 Å². The number of carbonyl (C=O) groups is 1. The van der Waals surface area contributed by atoms with Crippen molar-refractivity contribution < 1.29 is 22.7 Å². The van der Waals surface area contributed by atoms with Gasteiger partial charge in [-0.05, 0) is 31.4 Å². The highest BCUT2D eigenvalue weighted by molar-refractivity contribution is 7.98. The number of halogens is 3. The largest absolute Gasteiger partial charge is 0.462 e. The van der Waals surface area contributed by atoms with Crippen LogP contribution in [0, 0.1) is 0 Å². The topological polar surface area (TPSA) is 26.3 Å². The average Bonchev–Trinajstić information content (AvgIpc) is 2.27. The normalized spacial score (nSPS) is 11.4. The monoisotopic (exact) mass is 264 g/mol. The molecule has 1 aromatic rings. The van der Waals surface area contributed by atoms with Crippen LogP contribution in [0.25, 0.3) is 0 Å². The molecule has 0 atom stereocenters. The summed E-state index contributed by atoms with van der Waals surface area (Å²) >= 11 is 1.18. The Bertz CT molecular complexity index is 416. The molecule has 0 unspecified atom stereocenters. The lowest BCUT2D eigenvalue weighted by atomic mass is 10.1. The summed E-state index contributed by atoms with van der Waals surface area (Å²) in [6.07, 6.45) is -2.90. The third kappa shape index (κ3) is 3.39. The molecule has 6 heteroatoms. The second-order valence-corrected chi connectivity index (χ2v) is 4.01. The number of carbonyl (C=O) groups excluding carboxylic acids is 1. The van der Waals surface area contributed by atoms with Crippen LogP contribution < -0.4 is 0 Å². The molecular formula is C11H11F3O2S. The first-order chi connectivity index (χ1) is 7.90. The highest BCUT2D eigenvalue weighted by Crippen LogP contribution is 2.34. The van der Waals surface area contributed by atoms with Gasteiger partial charge in [-0.15, -0.1) is 11.8 Å². The summed E-state index contributed by atoms with van der Waals surface area (Å²) in [7, 11) is 0. The van der Waals surface area contributed by atoms with Gasteiger partial charge >= 0.3 is 12.1 Å². The van der Waals surface area contributed by atoms with Crippen LogP contribution in [0.2, 0.25) is 0 Å². The minimum absolute atomic E-state index is 0.0421. The number of hydrogen-bond donors (Lipinski definition) is 0. The Balaban J connectivity index is 3.25. The molecule has 0 spiro atoms. The van der Waals surface area contributed by atoms with Crippen LogP contribution >= 0.6 is 11.8 Å². The zero-order chi connectivity index (χ0) is 13.1. The van der Waals surface area contributed by atoms with Crippen molar-refractivity contribution in [2.24, 2.45) is 0 Å². The second-order valence-electron chi connectivity index (χ2n) is 3.13. The predicted molar refractivity (Wildman–Crippen MR) is 59.2 cm³/mol. The lowest BCUT2D eigenvalue weighted by Crippen LogP contribution is -2.15. The van der Waals surface area contributed by atoms with E-state index < -0.39 is 23.3 Å². The van der Waals surface area contributed by atoms with Crippen molar-refractivity contribution in [3.8, 4) is 0 Å². The molecule has 0 aliphatic rings. The number of rotatable bonds is 3. The highest BCUT2D eigenvalue weighted by atomic mass is 32.2. The van der Waals surface area contributed by atoms with Gasteiger partial charge in [-0.25, -0.2) is 4.79 Å². The van der Waals surface area contributed by atoms with E-state index in [1.165, 1.54) is 17.8 Å². The molecule has 0 aliphatic heterocycles. The summed E-state index contributed by atoms with van der Waals surface area (Å²) in [4.78, 5) is 11.8. The van der Waals surface area contributed by atoms with Crippen molar-refractivity contribution in [2.45, 2.75) is 18.0 Å². The molecule has 0 saturated heterocycles. The first-order valence-corrected chi connectivity index (χ1v) is 6.05. The van der Waals surface area contributed by atoms with Crippen LogP contribution in [-0.2, 0) is 10.9 Å². The summed E-state index contributed by atoms with van der Waals surface area (Å²) in [6.45, 7) is 1.59. The van der Waals surface area contributed by atoms with E-state index in [-0.39, 0.29) is 6.61 Å². The lowest BCUT2D eigenvalue weighted by molar-refractivity contribution is -0.138. The van der Waals surface area contributed by atoms with Crippen molar-refractivity contribution in [3.63, 3.8) is 0 Å². The van der Waals surface area contributed by atoms with Crippen LogP contribution in [0.15, 0.2) is 23.1 Å². The maximum absolute atomic E-state index is 12.7. The van der Waals surface area contributed by atoms with E-state index in [0.717, 1.165) is 12.1 Å². The predicted octanol–water partition coefficient (Wildman–Crippen LogP) is 3.60. The van der Waals surface area contributed by atoms with Crippen molar-refractivity contribution >= 4 is 17.7 Å². The first-order valence-electron chi connectivity index (χ1n) is 4.82. The van der Waals surface area contributed by atoms with Crippen LogP contribution in [0.4, 0.5) is 13.2 Å². The van der Waals surface area contributed by atoms with Gasteiger partial charge in [0.15, 0.2) is 0 Å². The van der Waals surface area contributed by atoms with Gasteiger partial charge in [-0.2, -0.15) is 13.2 Å². The van der Waals surface area contributed by atoms with Gasteiger partial charge in [0.25, 0.3) is 0 Å². The quantitative estimate of drug-likeness (QED) is 0.616. The van der Waals surface area contributed by atoms with Gasteiger partial charge in [-0.1, -0.05) is 0 Å². The fraction of sp³-hybridized carbons (Fsp3) is 0.364. The molecule has 0 saturated carbocycles. The molecule has 2 nitrogen and oxygen atoms in total. The number of esters is 1. The van der Waals surface area contributed by atoms with Gasteiger partial charge in [-0.3, -0.25) is 0 Å². The van der Waals surface area contributed by atoms with Crippen LogP contribution in [0.1, 0.15) is 22.8 Å². The Labute approximate surface area is 101 Å². The summed E-state index contributed by atoms with van der Waals surface area (Å²) in [5, 5.41) is 0. The third-order valence-electron chi connectivity index (χ3n) is 2.03. The molecule has 94 valence electrons. The molecule has 0 amide bonds. The number of alkyl halides is 3. The van der Waals surface area contributed by atoms with E-state index in [0.29, 0.717) is 4.90 Å². The van der Waals surface area contributed by atoms with Crippen molar-refractivity contribution in [1.29, 1.82) is 0 Å². The summed E-state index contributed by atoms with van der Waals surface area (Å²) in [6, 6.07) is 3.57. The SMILES string of the molecule is CCOC(=O)c1ccc(SC)cc1C(F)(F)F. The van der Waals surface area contributed by atoms with Gasteiger partial charge in [0.05, 0.1) is 17.7 Å². The molecule has 1 aromatic carbocycles. The Morgan fingerprint density at radius 3 is 2.53 bits per heavy atom. The molecule has 0 aromatic heterocycles. The van der Waals surface area contributed by atoms with E-state index >= 15 is 0 Å². The van der Waals surface area contributed by atoms with Crippen LogP contribution in [0.5, 0.6) is 0 Å². The third-order valence-corrected chi connectivity index (χ3v) is 2.75. The fourth-order valence-corrected chi connectivity index (χ4v) is 1.71. The zero-order valence-electron chi connectivity index (χ0n) is 9.30. The van der Waals surface area contributed by atoms with E-state index in [9.17, 15) is 18.0 Å². The fourth-order valence-electron chi connectivity index (χ4n) is 1.27. The van der Waals surface area contributed by atoms with E-state index in [2.05, 4.69) is 4.74 Å². The smallest absolute Gasteiger partial charge is 0.417 e. The number of ether oxygens (including phenoxy) is 1. The van der Waals surface area contributed by atoms with Crippen molar-refractivity contribution in [3.05, 3.63) is 29.3 Å². The minimum atomic E-state index is -4.56. The molecule has 0 radical (unpaired) electrons. The molecule has 0 aliphatic carbocycles. The molecule has 0 fully saturated rings. The van der Waals surface area contributed by atoms with E-state index in [4.69, 9.17) is 0 Å². The average molecular weight is 264 g/mol. The second kappa shape index (κ2) is 5.44. The minimum Gasteiger partial charge on any atom is -0.462 e. The highest BCUT2D eigenvalue weighted by Gasteiger charge is 2.35. The molecule has 0 N–H and O–H groups in total. The van der Waals surface area contributed by atoms with E-state index in [1.54, 1.807) is 13.2 Å². The zero-order valence-corrected chi connectivity index (χ0v) is 10.1. The van der Waals surface area contributed by atoms with Crippen molar-refractivity contribution in [1.82, 2.24) is 0 Å². The Hall–Kier alpha value is -1.17. The van der Waals surface area contributed by atoms with Gasteiger partial charge in [0, 0.05) is 4.90 Å². The number of thioether (sulfide) groups is 1. The maximum Gasteiger partial charge on any atom is 0.417 e. The van der Waals surface area contributed by atoms with Crippen LogP contribution in [-0.4, -0.2) is 18.8 Å². The molecule has 17 heavy (non-hydrogen) atoms. The maximum atomic E-state index is 12.7. The first kappa shape index (κ1) is 13.9. The van der Waals surface area contributed by atoms with Gasteiger partial charge < -0.3 is 4.74 Å². The summed E-state index contributed by atoms with van der Waals surface area (Å²) in [5.74, 6) is -0.951. The standard InChI is InChI=1S/C11H11F3O2S/c1-3-16-10(15)8-5-4-7(17-2)6-9(8)11(12,13)14/h4-6H,3H2,1-2H3. The van der Waals surface area contributed by atoms with Crippen molar-refractivity contribution in [2.75, 3.05) is 12.9 Å². The Morgan fingerprint density at radius 2 is 2.06 bits per heavy atom. The number of hydrogen-bond acceptors (Lipinski definition) is 3. The number of benzene rings is 1. The van der Waals surface area contributed by atoms with Gasteiger partial charge in [0.1, 0.15) is 0 Å². The Morgan fingerprint density at radius 1 is 1.41 bits per heavy atom. The molecule has 0 bridgehead atoms. The molecule has 0 heterocycles. The van der Waals surface area contributed by atoms with Gasteiger partial charge in [0.2, 0.25) is 0 Å². The molecular weight excluding hydrogens is 253 g/mol. The molecule has 1 rings (SSSR count).